The molecule has 0 unspecified atom stereocenters. The molecular formula is C9H17N3O. The quantitative estimate of drug-likeness (QED) is 0.777. The summed E-state index contributed by atoms with van der Waals surface area (Å²) in [5.41, 5.74) is 0.266. The molecule has 1 aromatic heterocycles. The summed E-state index contributed by atoms with van der Waals surface area (Å²) in [5, 5.41) is 6.81. The molecule has 1 rings (SSSR count). The van der Waals surface area contributed by atoms with Crippen molar-refractivity contribution in [1.82, 2.24) is 10.1 Å². The molecule has 0 aromatic carbocycles. The van der Waals surface area contributed by atoms with Gasteiger partial charge in [-0.2, -0.15) is 4.98 Å². The van der Waals surface area contributed by atoms with E-state index in [-0.39, 0.29) is 5.41 Å². The second-order valence-corrected chi connectivity index (χ2v) is 4.02. The van der Waals surface area contributed by atoms with Gasteiger partial charge in [0.25, 0.3) is 0 Å². The van der Waals surface area contributed by atoms with E-state index in [0.717, 1.165) is 13.0 Å². The van der Waals surface area contributed by atoms with Crippen LogP contribution in [0.5, 0.6) is 0 Å². The number of nitrogens with one attached hydrogen (secondary N) is 1. The van der Waals surface area contributed by atoms with Crippen molar-refractivity contribution in [2.45, 2.75) is 34.1 Å². The Balaban J connectivity index is 2.43. The van der Waals surface area contributed by atoms with Crippen molar-refractivity contribution in [2.24, 2.45) is 5.41 Å². The summed E-state index contributed by atoms with van der Waals surface area (Å²) in [6.45, 7) is 9.22. The average Bonchev–Trinajstić information content (AvgIpc) is 2.48. The molecule has 0 fully saturated rings. The van der Waals surface area contributed by atoms with E-state index in [4.69, 9.17) is 4.52 Å². The van der Waals surface area contributed by atoms with E-state index in [1.165, 1.54) is 0 Å². The molecule has 0 bridgehead atoms. The van der Waals surface area contributed by atoms with Gasteiger partial charge in [0.05, 0.1) is 0 Å². The highest BCUT2D eigenvalue weighted by Gasteiger charge is 2.15. The Bertz CT molecular complexity index is 268. The van der Waals surface area contributed by atoms with Crippen molar-refractivity contribution in [3.63, 3.8) is 0 Å². The zero-order valence-electron chi connectivity index (χ0n) is 8.72. The topological polar surface area (TPSA) is 51.0 Å². The van der Waals surface area contributed by atoms with Gasteiger partial charge in [0, 0.05) is 6.54 Å². The fourth-order valence-corrected chi connectivity index (χ4v) is 0.809. The molecular weight excluding hydrogens is 166 g/mol. The summed E-state index contributed by atoms with van der Waals surface area (Å²) >= 11 is 0. The van der Waals surface area contributed by atoms with E-state index < -0.39 is 0 Å². The Morgan fingerprint density at radius 1 is 1.46 bits per heavy atom. The van der Waals surface area contributed by atoms with Crippen molar-refractivity contribution in [3.8, 4) is 0 Å². The zero-order chi connectivity index (χ0) is 9.90. The third-order valence-electron chi connectivity index (χ3n) is 2.20. The van der Waals surface area contributed by atoms with E-state index in [2.05, 4.69) is 36.2 Å². The van der Waals surface area contributed by atoms with Crippen LogP contribution in [0, 0.1) is 12.3 Å². The normalized spacial score (nSPS) is 11.7. The molecule has 1 aromatic rings. The Kier molecular flexibility index (Phi) is 2.90. The van der Waals surface area contributed by atoms with Crippen LogP contribution < -0.4 is 5.32 Å². The highest BCUT2D eigenvalue weighted by Crippen LogP contribution is 2.19. The molecule has 0 spiro atoms. The first-order valence-electron chi connectivity index (χ1n) is 4.58. The monoisotopic (exact) mass is 183 g/mol. The predicted octanol–water partition coefficient (Wildman–Crippen LogP) is 2.23. The van der Waals surface area contributed by atoms with Gasteiger partial charge in [-0.1, -0.05) is 25.9 Å². The lowest BCUT2D eigenvalue weighted by Gasteiger charge is -2.21. The number of rotatable bonds is 4. The van der Waals surface area contributed by atoms with Crippen molar-refractivity contribution >= 4 is 6.01 Å². The standard InChI is InChI=1S/C9H17N3O/c1-5-9(3,4)6-10-8-11-7(2)12-13-8/h5-6H2,1-4H3,(H,10,11,12). The van der Waals surface area contributed by atoms with Gasteiger partial charge in [0.15, 0.2) is 5.82 Å². The van der Waals surface area contributed by atoms with Gasteiger partial charge >= 0.3 is 6.01 Å². The number of anilines is 1. The first-order chi connectivity index (χ1) is 6.03. The molecule has 0 aliphatic rings. The lowest BCUT2D eigenvalue weighted by molar-refractivity contribution is 0.364. The third-order valence-corrected chi connectivity index (χ3v) is 2.20. The lowest BCUT2D eigenvalue weighted by Crippen LogP contribution is -2.22. The minimum Gasteiger partial charge on any atom is -0.337 e. The van der Waals surface area contributed by atoms with Crippen molar-refractivity contribution in [1.29, 1.82) is 0 Å². The second kappa shape index (κ2) is 3.77. The highest BCUT2D eigenvalue weighted by atomic mass is 16.5. The van der Waals surface area contributed by atoms with Crippen molar-refractivity contribution in [3.05, 3.63) is 5.82 Å². The van der Waals surface area contributed by atoms with Crippen LogP contribution in [0.3, 0.4) is 0 Å². The van der Waals surface area contributed by atoms with Gasteiger partial charge in [0.1, 0.15) is 0 Å². The molecule has 4 heteroatoms. The highest BCUT2D eigenvalue weighted by molar-refractivity contribution is 5.18. The predicted molar refractivity (Wildman–Crippen MR) is 51.6 cm³/mol. The zero-order valence-corrected chi connectivity index (χ0v) is 8.72. The Labute approximate surface area is 78.7 Å². The second-order valence-electron chi connectivity index (χ2n) is 4.02. The summed E-state index contributed by atoms with van der Waals surface area (Å²) < 4.78 is 4.93. The largest absolute Gasteiger partial charge is 0.337 e. The number of aryl methyl sites for hydroxylation is 1. The number of hydrogen-bond acceptors (Lipinski definition) is 4. The van der Waals surface area contributed by atoms with Gasteiger partial charge < -0.3 is 9.84 Å². The van der Waals surface area contributed by atoms with Crippen LogP contribution in [-0.4, -0.2) is 16.7 Å². The van der Waals surface area contributed by atoms with Crippen LogP contribution in [0.2, 0.25) is 0 Å². The van der Waals surface area contributed by atoms with E-state index >= 15 is 0 Å². The van der Waals surface area contributed by atoms with Crippen LogP contribution in [0.4, 0.5) is 6.01 Å². The van der Waals surface area contributed by atoms with Gasteiger partial charge in [0.2, 0.25) is 0 Å². The third kappa shape index (κ3) is 3.05. The van der Waals surface area contributed by atoms with E-state index in [1.807, 2.05) is 0 Å². The van der Waals surface area contributed by atoms with Crippen LogP contribution in [0.25, 0.3) is 0 Å². The summed E-state index contributed by atoms with van der Waals surface area (Å²) in [6, 6.07) is 0.513. The first kappa shape index (κ1) is 10.0. The van der Waals surface area contributed by atoms with E-state index in [0.29, 0.717) is 11.8 Å². The number of hydrogen-bond donors (Lipinski definition) is 1. The van der Waals surface area contributed by atoms with Gasteiger partial charge in [-0.25, -0.2) is 0 Å². The maximum Gasteiger partial charge on any atom is 0.321 e. The van der Waals surface area contributed by atoms with Crippen LogP contribution in [0.1, 0.15) is 33.0 Å². The van der Waals surface area contributed by atoms with Gasteiger partial charge in [-0.05, 0) is 18.8 Å². The Morgan fingerprint density at radius 3 is 2.62 bits per heavy atom. The summed E-state index contributed by atoms with van der Waals surface area (Å²) in [7, 11) is 0. The fraction of sp³-hybridized carbons (Fsp3) is 0.778. The molecule has 0 saturated heterocycles. The Morgan fingerprint density at radius 2 is 2.15 bits per heavy atom. The Hall–Kier alpha value is -1.06. The van der Waals surface area contributed by atoms with Gasteiger partial charge in [-0.15, -0.1) is 0 Å². The smallest absolute Gasteiger partial charge is 0.321 e. The molecule has 0 radical (unpaired) electrons. The maximum absolute atomic E-state index is 4.93. The SMILES string of the molecule is CCC(C)(C)CNc1nc(C)no1. The molecule has 4 nitrogen and oxygen atoms in total. The molecule has 13 heavy (non-hydrogen) atoms. The van der Waals surface area contributed by atoms with E-state index in [9.17, 15) is 0 Å². The van der Waals surface area contributed by atoms with Crippen LogP contribution in [0.15, 0.2) is 4.52 Å². The maximum atomic E-state index is 4.93. The molecule has 0 atom stereocenters. The summed E-state index contributed by atoms with van der Waals surface area (Å²) in [6.07, 6.45) is 1.12. The number of aromatic nitrogens is 2. The van der Waals surface area contributed by atoms with Crippen molar-refractivity contribution in [2.75, 3.05) is 11.9 Å². The molecule has 74 valence electrons. The van der Waals surface area contributed by atoms with Crippen LogP contribution in [-0.2, 0) is 0 Å². The first-order valence-corrected chi connectivity index (χ1v) is 4.58. The molecule has 1 N–H and O–H groups in total. The van der Waals surface area contributed by atoms with Gasteiger partial charge in [-0.3, -0.25) is 0 Å². The molecule has 0 amide bonds. The lowest BCUT2D eigenvalue weighted by atomic mass is 9.90. The minimum atomic E-state index is 0.266. The minimum absolute atomic E-state index is 0.266. The molecule has 1 heterocycles. The molecule has 0 aliphatic heterocycles. The van der Waals surface area contributed by atoms with Crippen molar-refractivity contribution < 1.29 is 4.52 Å². The fourth-order valence-electron chi connectivity index (χ4n) is 0.809. The molecule has 0 aliphatic carbocycles. The average molecular weight is 183 g/mol. The summed E-state index contributed by atoms with van der Waals surface area (Å²) in [5.74, 6) is 0.664. The number of nitrogens with zero attached hydrogens (tertiary/aromatic N) is 2. The molecule has 0 saturated carbocycles. The summed E-state index contributed by atoms with van der Waals surface area (Å²) in [4.78, 5) is 4.06. The van der Waals surface area contributed by atoms with E-state index in [1.54, 1.807) is 6.92 Å². The van der Waals surface area contributed by atoms with Crippen LogP contribution >= 0.6 is 0 Å².